The molecule has 1 aliphatic rings. The average Bonchev–Trinajstić information content (AvgIpc) is 2.30. The maximum atomic E-state index is 13.4. The molecule has 2 rings (SSSR count). The molecular formula is C15H18F2INO3. The van der Waals surface area contributed by atoms with Crippen LogP contribution in [0, 0.1) is 15.2 Å². The number of ether oxygens (including phenoxy) is 2. The van der Waals surface area contributed by atoms with Crippen molar-refractivity contribution in [1.29, 1.82) is 0 Å². The van der Waals surface area contributed by atoms with Crippen LogP contribution in [0.5, 0.6) is 5.75 Å². The molecule has 22 heavy (non-hydrogen) atoms. The van der Waals surface area contributed by atoms with Crippen molar-refractivity contribution < 1.29 is 23.0 Å². The minimum atomic E-state index is -0.640. The quantitative estimate of drug-likeness (QED) is 0.589. The zero-order valence-corrected chi connectivity index (χ0v) is 14.7. The van der Waals surface area contributed by atoms with E-state index in [2.05, 4.69) is 5.32 Å². The molecule has 0 spiro atoms. The molecule has 0 aliphatic heterocycles. The van der Waals surface area contributed by atoms with Gasteiger partial charge in [-0.2, -0.15) is 0 Å². The first-order valence-electron chi connectivity index (χ1n) is 6.95. The van der Waals surface area contributed by atoms with Crippen LogP contribution in [0.25, 0.3) is 0 Å². The number of halogens is 3. The van der Waals surface area contributed by atoms with Crippen LogP contribution in [0.15, 0.2) is 12.1 Å². The molecule has 0 aromatic heterocycles. The fourth-order valence-electron chi connectivity index (χ4n) is 2.05. The second-order valence-corrected chi connectivity index (χ2v) is 7.33. The number of hydrogen-bond acceptors (Lipinski definition) is 3. The summed E-state index contributed by atoms with van der Waals surface area (Å²) in [5, 5.41) is 2.73. The molecule has 0 radical (unpaired) electrons. The lowest BCUT2D eigenvalue weighted by Gasteiger charge is -2.36. The van der Waals surface area contributed by atoms with Crippen molar-refractivity contribution in [2.24, 2.45) is 0 Å². The summed E-state index contributed by atoms with van der Waals surface area (Å²) in [7, 11) is 0. The monoisotopic (exact) mass is 425 g/mol. The predicted molar refractivity (Wildman–Crippen MR) is 85.9 cm³/mol. The van der Waals surface area contributed by atoms with Gasteiger partial charge in [-0.3, -0.25) is 0 Å². The van der Waals surface area contributed by atoms with Gasteiger partial charge in [0.2, 0.25) is 0 Å². The van der Waals surface area contributed by atoms with E-state index in [1.807, 2.05) is 0 Å². The molecule has 7 heteroatoms. The highest BCUT2D eigenvalue weighted by Crippen LogP contribution is 2.29. The number of nitrogens with one attached hydrogen (secondary N) is 1. The Balaban J connectivity index is 1.79. The van der Waals surface area contributed by atoms with E-state index in [-0.39, 0.29) is 21.5 Å². The van der Waals surface area contributed by atoms with Crippen LogP contribution in [0.1, 0.15) is 33.6 Å². The van der Waals surface area contributed by atoms with E-state index >= 15 is 0 Å². The molecule has 1 aromatic carbocycles. The summed E-state index contributed by atoms with van der Waals surface area (Å²) in [5.74, 6) is -1.12. The molecule has 0 atom stereocenters. The summed E-state index contributed by atoms with van der Waals surface area (Å²) < 4.78 is 37.4. The SMILES string of the molecule is CC(C)(C)OC(=O)NC1CC(Oc2cc(F)c(I)c(F)c2)C1. The second kappa shape index (κ2) is 6.55. The van der Waals surface area contributed by atoms with Crippen LogP contribution in [0.3, 0.4) is 0 Å². The third-order valence-corrected chi connectivity index (χ3v) is 4.11. The maximum Gasteiger partial charge on any atom is 0.407 e. The van der Waals surface area contributed by atoms with E-state index in [0.717, 1.165) is 0 Å². The van der Waals surface area contributed by atoms with Gasteiger partial charge in [0, 0.05) is 31.0 Å². The van der Waals surface area contributed by atoms with Gasteiger partial charge in [-0.05, 0) is 43.4 Å². The topological polar surface area (TPSA) is 47.6 Å². The molecule has 1 amide bonds. The number of carbonyl (C=O) groups is 1. The van der Waals surface area contributed by atoms with Crippen molar-refractivity contribution in [2.45, 2.75) is 51.4 Å². The van der Waals surface area contributed by atoms with Crippen LogP contribution < -0.4 is 10.1 Å². The highest BCUT2D eigenvalue weighted by Gasteiger charge is 2.33. The van der Waals surface area contributed by atoms with Crippen molar-refractivity contribution >= 4 is 28.7 Å². The number of carbonyl (C=O) groups excluding carboxylic acids is 1. The lowest BCUT2D eigenvalue weighted by Crippen LogP contribution is -2.50. The van der Waals surface area contributed by atoms with Crippen molar-refractivity contribution in [2.75, 3.05) is 0 Å². The molecular weight excluding hydrogens is 407 g/mol. The smallest absolute Gasteiger partial charge is 0.407 e. The minimum absolute atomic E-state index is 0.0432. The number of alkyl carbamates (subject to hydrolysis) is 1. The minimum Gasteiger partial charge on any atom is -0.490 e. The summed E-state index contributed by atoms with van der Waals surface area (Å²) >= 11 is 1.60. The summed E-state index contributed by atoms with van der Waals surface area (Å²) in [6, 6.07) is 2.29. The van der Waals surface area contributed by atoms with Crippen LogP contribution in [0.2, 0.25) is 0 Å². The van der Waals surface area contributed by atoms with Gasteiger partial charge >= 0.3 is 6.09 Å². The van der Waals surface area contributed by atoms with E-state index < -0.39 is 23.3 Å². The third kappa shape index (κ3) is 4.69. The lowest BCUT2D eigenvalue weighted by atomic mass is 9.89. The Morgan fingerprint density at radius 3 is 2.32 bits per heavy atom. The van der Waals surface area contributed by atoms with E-state index in [0.29, 0.717) is 12.8 Å². The fraction of sp³-hybridized carbons (Fsp3) is 0.533. The Kier molecular flexibility index (Phi) is 5.14. The number of amides is 1. The average molecular weight is 425 g/mol. The number of hydrogen-bond donors (Lipinski definition) is 1. The van der Waals surface area contributed by atoms with E-state index in [1.54, 1.807) is 43.4 Å². The summed E-state index contributed by atoms with van der Waals surface area (Å²) in [4.78, 5) is 11.6. The third-order valence-electron chi connectivity index (χ3n) is 3.08. The Labute approximate surface area is 141 Å². The number of benzene rings is 1. The highest BCUT2D eigenvalue weighted by atomic mass is 127. The molecule has 0 bridgehead atoms. The predicted octanol–water partition coefficient (Wildman–Crippen LogP) is 4.00. The highest BCUT2D eigenvalue weighted by molar-refractivity contribution is 14.1. The molecule has 0 heterocycles. The van der Waals surface area contributed by atoms with Crippen LogP contribution in [-0.4, -0.2) is 23.8 Å². The van der Waals surface area contributed by atoms with Crippen molar-refractivity contribution in [3.05, 3.63) is 27.3 Å². The summed E-state index contributed by atoms with van der Waals surface area (Å²) in [6.45, 7) is 5.37. The molecule has 1 N–H and O–H groups in total. The first-order valence-corrected chi connectivity index (χ1v) is 8.02. The van der Waals surface area contributed by atoms with E-state index in [9.17, 15) is 13.6 Å². The largest absolute Gasteiger partial charge is 0.490 e. The zero-order chi connectivity index (χ0) is 16.5. The van der Waals surface area contributed by atoms with Crippen molar-refractivity contribution in [3.63, 3.8) is 0 Å². The van der Waals surface area contributed by atoms with Crippen LogP contribution in [0.4, 0.5) is 13.6 Å². The molecule has 122 valence electrons. The van der Waals surface area contributed by atoms with Gasteiger partial charge < -0.3 is 14.8 Å². The van der Waals surface area contributed by atoms with Gasteiger partial charge in [0.1, 0.15) is 29.1 Å². The van der Waals surface area contributed by atoms with E-state index in [1.165, 1.54) is 12.1 Å². The molecule has 0 saturated heterocycles. The van der Waals surface area contributed by atoms with Gasteiger partial charge in [-0.25, -0.2) is 13.6 Å². The van der Waals surface area contributed by atoms with Gasteiger partial charge in [0.25, 0.3) is 0 Å². The molecule has 0 unspecified atom stereocenters. The molecule has 1 saturated carbocycles. The molecule has 1 aliphatic carbocycles. The summed E-state index contributed by atoms with van der Waals surface area (Å²) in [6.07, 6.45) is 0.518. The van der Waals surface area contributed by atoms with Crippen LogP contribution in [-0.2, 0) is 4.74 Å². The standard InChI is InChI=1S/C15H18F2INO3/c1-15(2,3)22-14(20)19-8-4-9(5-8)21-10-6-11(16)13(18)12(17)7-10/h6-9H,4-5H2,1-3H3,(H,19,20). The summed E-state index contributed by atoms with van der Waals surface area (Å²) in [5.41, 5.74) is -0.542. The van der Waals surface area contributed by atoms with E-state index in [4.69, 9.17) is 9.47 Å². The van der Waals surface area contributed by atoms with Gasteiger partial charge in [0.05, 0.1) is 3.57 Å². The van der Waals surface area contributed by atoms with Gasteiger partial charge in [-0.15, -0.1) is 0 Å². The Morgan fingerprint density at radius 1 is 1.27 bits per heavy atom. The first kappa shape index (κ1) is 17.2. The van der Waals surface area contributed by atoms with Gasteiger partial charge in [0.15, 0.2) is 0 Å². The van der Waals surface area contributed by atoms with Crippen molar-refractivity contribution in [1.82, 2.24) is 5.32 Å². The Morgan fingerprint density at radius 2 is 1.82 bits per heavy atom. The van der Waals surface area contributed by atoms with Crippen molar-refractivity contribution in [3.8, 4) is 5.75 Å². The molecule has 4 nitrogen and oxygen atoms in total. The zero-order valence-electron chi connectivity index (χ0n) is 12.6. The number of rotatable bonds is 3. The maximum absolute atomic E-state index is 13.4. The van der Waals surface area contributed by atoms with Gasteiger partial charge in [-0.1, -0.05) is 0 Å². The lowest BCUT2D eigenvalue weighted by molar-refractivity contribution is 0.0362. The Hall–Kier alpha value is -1.12. The van der Waals surface area contributed by atoms with Crippen LogP contribution >= 0.6 is 22.6 Å². The second-order valence-electron chi connectivity index (χ2n) is 6.26. The first-order chi connectivity index (χ1) is 10.1. The fourth-order valence-corrected chi connectivity index (χ4v) is 2.36. The molecule has 1 aromatic rings. The molecule has 1 fully saturated rings. The normalized spacial score (nSPS) is 21.0. The Bertz CT molecular complexity index is 545.